The molecule has 2 aliphatic rings. The average molecular weight is 358 g/mol. The highest BCUT2D eigenvalue weighted by atomic mass is 79.9. The number of hydrogen-bond donors (Lipinski definition) is 2. The van der Waals surface area contributed by atoms with Crippen molar-refractivity contribution in [3.05, 3.63) is 22.2 Å². The number of ether oxygens (including phenoxy) is 2. The number of fused-ring (bicyclic) bond motifs is 1. The van der Waals surface area contributed by atoms with E-state index in [1.54, 1.807) is 0 Å². The predicted octanol–water partition coefficient (Wildman–Crippen LogP) is 1.54. The minimum absolute atomic E-state index is 0.0166. The van der Waals surface area contributed by atoms with Crippen molar-refractivity contribution in [2.45, 2.75) is 31.5 Å². The molecule has 5 nitrogen and oxygen atoms in total. The maximum absolute atomic E-state index is 9.77. The van der Waals surface area contributed by atoms with Gasteiger partial charge in [0.05, 0.1) is 25.9 Å². The Balaban J connectivity index is 1.80. The van der Waals surface area contributed by atoms with Gasteiger partial charge in [0, 0.05) is 30.0 Å². The number of aliphatic hydroxyl groups is 2. The van der Waals surface area contributed by atoms with Gasteiger partial charge in [0.15, 0.2) is 11.5 Å². The third-order valence-corrected chi connectivity index (χ3v) is 4.74. The van der Waals surface area contributed by atoms with Gasteiger partial charge in [0.25, 0.3) is 0 Å². The van der Waals surface area contributed by atoms with Crippen molar-refractivity contribution < 1.29 is 19.7 Å². The zero-order chi connectivity index (χ0) is 14.8. The minimum Gasteiger partial charge on any atom is -0.490 e. The molecule has 1 fully saturated rings. The van der Waals surface area contributed by atoms with E-state index >= 15 is 0 Å². The van der Waals surface area contributed by atoms with Crippen LogP contribution in [0, 0.1) is 0 Å². The lowest BCUT2D eigenvalue weighted by atomic mass is 10.1. The lowest BCUT2D eigenvalue weighted by molar-refractivity contribution is 0.149. The van der Waals surface area contributed by atoms with Crippen LogP contribution < -0.4 is 9.47 Å². The fourth-order valence-corrected chi connectivity index (χ4v) is 3.35. The second-order valence-corrected chi connectivity index (χ2v) is 6.45. The minimum atomic E-state index is -0.360. The molecule has 0 radical (unpaired) electrons. The molecular formula is C15H20BrNO4. The van der Waals surface area contributed by atoms with E-state index < -0.39 is 0 Å². The quantitative estimate of drug-likeness (QED) is 0.858. The van der Waals surface area contributed by atoms with Gasteiger partial charge in [-0.1, -0.05) is 15.9 Å². The summed E-state index contributed by atoms with van der Waals surface area (Å²) in [5.74, 6) is 1.54. The van der Waals surface area contributed by atoms with Crippen LogP contribution in [-0.2, 0) is 6.54 Å². The fourth-order valence-electron chi connectivity index (χ4n) is 2.91. The molecule has 116 valence electrons. The van der Waals surface area contributed by atoms with Crippen LogP contribution in [0.1, 0.15) is 18.4 Å². The van der Waals surface area contributed by atoms with Crippen molar-refractivity contribution in [2.24, 2.45) is 0 Å². The van der Waals surface area contributed by atoms with Crippen molar-refractivity contribution in [3.63, 3.8) is 0 Å². The SMILES string of the molecule is OC[C@@H]1C[C@H](O)CN1Cc1cc2c(cc1Br)OCCCO2. The summed E-state index contributed by atoms with van der Waals surface area (Å²) in [5.41, 5.74) is 1.08. The van der Waals surface area contributed by atoms with Gasteiger partial charge < -0.3 is 19.7 Å². The summed E-state index contributed by atoms with van der Waals surface area (Å²) in [6.45, 7) is 2.66. The third kappa shape index (κ3) is 3.34. The van der Waals surface area contributed by atoms with Gasteiger partial charge in [0.2, 0.25) is 0 Å². The first-order chi connectivity index (χ1) is 10.2. The van der Waals surface area contributed by atoms with Crippen LogP contribution in [0.15, 0.2) is 16.6 Å². The Morgan fingerprint density at radius 3 is 2.67 bits per heavy atom. The van der Waals surface area contributed by atoms with E-state index in [0.29, 0.717) is 32.7 Å². The molecule has 1 aromatic carbocycles. The van der Waals surface area contributed by atoms with Crippen LogP contribution in [0.3, 0.4) is 0 Å². The fraction of sp³-hybridized carbons (Fsp3) is 0.600. The van der Waals surface area contributed by atoms with Crippen LogP contribution in [0.4, 0.5) is 0 Å². The summed E-state index contributed by atoms with van der Waals surface area (Å²) < 4.78 is 12.3. The van der Waals surface area contributed by atoms with E-state index in [0.717, 1.165) is 28.0 Å². The Morgan fingerprint density at radius 2 is 1.95 bits per heavy atom. The Morgan fingerprint density at radius 1 is 1.24 bits per heavy atom. The number of halogens is 1. The Labute approximate surface area is 132 Å². The molecule has 2 heterocycles. The maximum Gasteiger partial charge on any atom is 0.162 e. The first-order valence-corrected chi connectivity index (χ1v) is 8.07. The van der Waals surface area contributed by atoms with Gasteiger partial charge >= 0.3 is 0 Å². The zero-order valence-corrected chi connectivity index (χ0v) is 13.4. The standard InChI is InChI=1S/C15H20BrNO4/c16-13-6-15-14(20-2-1-3-21-15)4-10(13)7-17-8-12(19)5-11(17)9-18/h4,6,11-12,18-19H,1-3,5,7-9H2/t11-,12-/m0/s1. The van der Waals surface area contributed by atoms with Crippen LogP contribution in [-0.4, -0.2) is 53.6 Å². The monoisotopic (exact) mass is 357 g/mol. The number of aliphatic hydroxyl groups excluding tert-OH is 2. The van der Waals surface area contributed by atoms with Crippen molar-refractivity contribution in [3.8, 4) is 11.5 Å². The average Bonchev–Trinajstić information content (AvgIpc) is 2.67. The molecular weight excluding hydrogens is 338 g/mol. The molecule has 1 aromatic rings. The van der Waals surface area contributed by atoms with Crippen molar-refractivity contribution in [2.75, 3.05) is 26.4 Å². The van der Waals surface area contributed by atoms with Crippen LogP contribution in [0.2, 0.25) is 0 Å². The highest BCUT2D eigenvalue weighted by molar-refractivity contribution is 9.10. The molecule has 0 bridgehead atoms. The van der Waals surface area contributed by atoms with E-state index in [4.69, 9.17) is 9.47 Å². The van der Waals surface area contributed by atoms with Crippen LogP contribution >= 0.6 is 15.9 Å². The molecule has 0 unspecified atom stereocenters. The summed E-state index contributed by atoms with van der Waals surface area (Å²) in [5, 5.41) is 19.2. The number of likely N-dealkylation sites (tertiary alicyclic amines) is 1. The van der Waals surface area contributed by atoms with Crippen molar-refractivity contribution in [1.29, 1.82) is 0 Å². The van der Waals surface area contributed by atoms with Gasteiger partial charge in [-0.25, -0.2) is 0 Å². The maximum atomic E-state index is 9.77. The van der Waals surface area contributed by atoms with Crippen LogP contribution in [0.5, 0.6) is 11.5 Å². The molecule has 6 heteroatoms. The van der Waals surface area contributed by atoms with Gasteiger partial charge in [-0.2, -0.15) is 0 Å². The highest BCUT2D eigenvalue weighted by Gasteiger charge is 2.30. The van der Waals surface area contributed by atoms with E-state index in [-0.39, 0.29) is 18.8 Å². The van der Waals surface area contributed by atoms with Gasteiger partial charge in [-0.3, -0.25) is 4.90 Å². The lowest BCUT2D eigenvalue weighted by Gasteiger charge is -2.23. The summed E-state index contributed by atoms with van der Waals surface area (Å²) in [6.07, 6.45) is 1.15. The molecule has 1 saturated heterocycles. The summed E-state index contributed by atoms with van der Waals surface area (Å²) >= 11 is 3.58. The topological polar surface area (TPSA) is 62.2 Å². The summed E-state index contributed by atoms with van der Waals surface area (Å²) in [6, 6.07) is 3.95. The first-order valence-electron chi connectivity index (χ1n) is 7.28. The Kier molecular flexibility index (Phi) is 4.69. The summed E-state index contributed by atoms with van der Waals surface area (Å²) in [7, 11) is 0. The van der Waals surface area contributed by atoms with E-state index in [2.05, 4.69) is 20.8 Å². The lowest BCUT2D eigenvalue weighted by Crippen LogP contribution is -2.32. The molecule has 3 rings (SSSR count). The van der Waals surface area contributed by atoms with Crippen molar-refractivity contribution in [1.82, 2.24) is 4.90 Å². The normalized spacial score (nSPS) is 25.9. The second-order valence-electron chi connectivity index (χ2n) is 5.60. The van der Waals surface area contributed by atoms with Crippen LogP contribution in [0.25, 0.3) is 0 Å². The number of β-amino-alcohol motifs (C(OH)–C–C–N with tert-alkyl or cyclic N) is 1. The molecule has 0 aromatic heterocycles. The van der Waals surface area contributed by atoms with E-state index in [9.17, 15) is 10.2 Å². The first kappa shape index (κ1) is 15.1. The molecule has 2 N–H and O–H groups in total. The smallest absolute Gasteiger partial charge is 0.162 e. The largest absolute Gasteiger partial charge is 0.490 e. The molecule has 2 aliphatic heterocycles. The molecule has 0 amide bonds. The highest BCUT2D eigenvalue weighted by Crippen LogP contribution is 2.36. The van der Waals surface area contributed by atoms with Gasteiger partial charge in [-0.05, 0) is 24.1 Å². The van der Waals surface area contributed by atoms with E-state index in [1.165, 1.54) is 0 Å². The Bertz CT molecular complexity index is 511. The molecule has 21 heavy (non-hydrogen) atoms. The van der Waals surface area contributed by atoms with Gasteiger partial charge in [0.1, 0.15) is 0 Å². The second kappa shape index (κ2) is 6.52. The number of hydrogen-bond acceptors (Lipinski definition) is 5. The molecule has 0 saturated carbocycles. The molecule has 0 aliphatic carbocycles. The number of nitrogens with zero attached hydrogens (tertiary/aromatic N) is 1. The van der Waals surface area contributed by atoms with Crippen molar-refractivity contribution >= 4 is 15.9 Å². The zero-order valence-electron chi connectivity index (χ0n) is 11.8. The molecule has 0 spiro atoms. The summed E-state index contributed by atoms with van der Waals surface area (Å²) in [4.78, 5) is 2.11. The number of benzene rings is 1. The third-order valence-electron chi connectivity index (χ3n) is 4.01. The van der Waals surface area contributed by atoms with E-state index in [1.807, 2.05) is 12.1 Å². The van der Waals surface area contributed by atoms with Gasteiger partial charge in [-0.15, -0.1) is 0 Å². The Hall–Kier alpha value is -0.820. The number of rotatable bonds is 3. The molecule has 2 atom stereocenters. The predicted molar refractivity (Wildman–Crippen MR) is 81.7 cm³/mol.